The van der Waals surface area contributed by atoms with E-state index in [1.54, 1.807) is 67.6 Å². The highest BCUT2D eigenvalue weighted by atomic mass is 32.2. The quantitative estimate of drug-likeness (QED) is 0.0408. The molecule has 0 saturated heterocycles. The molecule has 5 aromatic rings. The molecule has 13 heteroatoms. The van der Waals surface area contributed by atoms with Crippen molar-refractivity contribution in [3.05, 3.63) is 135 Å². The van der Waals surface area contributed by atoms with Gasteiger partial charge in [-0.15, -0.1) is 23.1 Å². The number of carbonyl (C=O) groups excluding carboxylic acids is 4. The van der Waals surface area contributed by atoms with Crippen LogP contribution in [0.3, 0.4) is 0 Å². The Morgan fingerprint density at radius 3 is 2.16 bits per heavy atom. The second-order valence-corrected chi connectivity index (χ2v) is 15.5. The zero-order valence-electron chi connectivity index (χ0n) is 32.7. The number of esters is 1. The minimum absolute atomic E-state index is 0.0468. The van der Waals surface area contributed by atoms with Crippen molar-refractivity contribution in [2.75, 3.05) is 38.6 Å². The fraction of sp³-hybridized carbons (Fsp3) is 0.244. The molecule has 0 spiro atoms. The fourth-order valence-electron chi connectivity index (χ4n) is 6.60. The molecular weight excluding hydrogens is 775 g/mol. The highest BCUT2D eigenvalue weighted by Gasteiger charge is 2.30. The van der Waals surface area contributed by atoms with Crippen molar-refractivity contribution in [1.82, 2.24) is 5.32 Å². The van der Waals surface area contributed by atoms with E-state index in [1.165, 1.54) is 50.5 Å². The van der Waals surface area contributed by atoms with Gasteiger partial charge < -0.3 is 34.9 Å². The first-order valence-corrected chi connectivity index (χ1v) is 20.6. The number of ether oxygens (including phenoxy) is 4. The molecule has 300 valence electrons. The topological polar surface area (TPSA) is 141 Å². The van der Waals surface area contributed by atoms with Gasteiger partial charge in [0.15, 0.2) is 11.5 Å². The van der Waals surface area contributed by atoms with E-state index in [9.17, 15) is 19.2 Å². The molecule has 1 unspecified atom stereocenters. The number of carbonyl (C=O) groups is 4. The second kappa shape index (κ2) is 19.9. The third kappa shape index (κ3) is 10.1. The number of thioether (sulfide) groups is 1. The minimum Gasteiger partial charge on any atom is -0.493 e. The lowest BCUT2D eigenvalue weighted by Gasteiger charge is -2.18. The molecule has 1 heterocycles. The lowest BCUT2D eigenvalue weighted by atomic mass is 10.1. The molecule has 1 aliphatic rings. The molecule has 0 saturated carbocycles. The van der Waals surface area contributed by atoms with Crippen LogP contribution in [-0.4, -0.2) is 51.6 Å². The number of thiophene rings is 1. The Morgan fingerprint density at radius 2 is 1.48 bits per heavy atom. The van der Waals surface area contributed by atoms with E-state index in [0.29, 0.717) is 49.5 Å². The van der Waals surface area contributed by atoms with Gasteiger partial charge in [0.25, 0.3) is 11.8 Å². The van der Waals surface area contributed by atoms with Crippen molar-refractivity contribution >= 4 is 63.6 Å². The molecule has 11 nitrogen and oxygen atoms in total. The van der Waals surface area contributed by atoms with Crippen LogP contribution < -0.4 is 30.2 Å². The summed E-state index contributed by atoms with van der Waals surface area (Å²) in [7, 11) is 4.47. The lowest BCUT2D eigenvalue weighted by molar-refractivity contribution is -0.116. The predicted molar refractivity (Wildman–Crippen MR) is 228 cm³/mol. The van der Waals surface area contributed by atoms with Gasteiger partial charge >= 0.3 is 5.97 Å². The van der Waals surface area contributed by atoms with Crippen LogP contribution in [-0.2, 0) is 27.2 Å². The van der Waals surface area contributed by atoms with Crippen LogP contribution in [0.5, 0.6) is 17.2 Å². The molecular formula is C45H45N3O8S2. The largest absolute Gasteiger partial charge is 0.493 e. The Morgan fingerprint density at radius 1 is 0.793 bits per heavy atom. The Bertz CT molecular complexity index is 2270. The van der Waals surface area contributed by atoms with E-state index in [-0.39, 0.29) is 18.2 Å². The molecule has 4 aromatic carbocycles. The number of amides is 3. The molecule has 0 bridgehead atoms. The number of fused-ring (bicyclic) bond motifs is 1. The summed E-state index contributed by atoms with van der Waals surface area (Å²) in [4.78, 5) is 56.7. The molecule has 0 radical (unpaired) electrons. The second-order valence-electron chi connectivity index (χ2n) is 13.2. The number of nitrogens with one attached hydrogen (secondary N) is 3. The maximum Gasteiger partial charge on any atom is 0.341 e. The van der Waals surface area contributed by atoms with E-state index in [0.717, 1.165) is 48.1 Å². The molecule has 58 heavy (non-hydrogen) atoms. The van der Waals surface area contributed by atoms with Crippen LogP contribution in [0.1, 0.15) is 73.7 Å². The standard InChI is InChI=1S/C45H45N3O8S2/c1-5-56-45(52)38-33-22-13-8-14-23-37(33)58-44(38)48-43(51)40(29-16-9-6-10-17-29)57-32-21-15-20-31(27-32)46-42(50)34(47-41(49)30-18-11-7-12-19-30)24-28-25-35(53-2)39(55-4)36(26-28)54-3/h6-7,9-12,15-21,24-27,40H,5,8,13-14,22-23H2,1-4H3,(H,46,50)(H,47,49)(H,48,51)/b34-24+. The Balaban J connectivity index is 1.28. The fourth-order valence-corrected chi connectivity index (χ4v) is 8.97. The highest BCUT2D eigenvalue weighted by Crippen LogP contribution is 2.42. The van der Waals surface area contributed by atoms with Gasteiger partial charge in [0, 0.05) is 21.0 Å². The van der Waals surface area contributed by atoms with Crippen LogP contribution in [0.2, 0.25) is 0 Å². The number of aryl methyl sites for hydroxylation is 1. The molecule has 1 aromatic heterocycles. The Kier molecular flexibility index (Phi) is 14.3. The Labute approximate surface area is 346 Å². The van der Waals surface area contributed by atoms with Crippen LogP contribution in [0, 0.1) is 0 Å². The highest BCUT2D eigenvalue weighted by molar-refractivity contribution is 8.00. The number of hydrogen-bond acceptors (Lipinski definition) is 10. The summed E-state index contributed by atoms with van der Waals surface area (Å²) in [6, 6.07) is 28.4. The van der Waals surface area contributed by atoms with E-state index in [4.69, 9.17) is 18.9 Å². The summed E-state index contributed by atoms with van der Waals surface area (Å²) in [6.45, 7) is 2.00. The normalized spacial score (nSPS) is 12.9. The molecule has 1 atom stereocenters. The van der Waals surface area contributed by atoms with Crippen molar-refractivity contribution in [1.29, 1.82) is 0 Å². The molecule has 0 aliphatic heterocycles. The van der Waals surface area contributed by atoms with Crippen molar-refractivity contribution < 1.29 is 38.1 Å². The van der Waals surface area contributed by atoms with E-state index in [2.05, 4.69) is 16.0 Å². The third-order valence-electron chi connectivity index (χ3n) is 9.35. The zero-order valence-corrected chi connectivity index (χ0v) is 34.4. The monoisotopic (exact) mass is 819 g/mol. The third-order valence-corrected chi connectivity index (χ3v) is 11.8. The van der Waals surface area contributed by atoms with Crippen molar-refractivity contribution in [3.63, 3.8) is 0 Å². The van der Waals surface area contributed by atoms with Crippen molar-refractivity contribution in [2.24, 2.45) is 0 Å². The average Bonchev–Trinajstić information content (AvgIpc) is 3.42. The first-order valence-electron chi connectivity index (χ1n) is 18.9. The molecule has 3 amide bonds. The van der Waals surface area contributed by atoms with Gasteiger partial charge in [-0.3, -0.25) is 14.4 Å². The van der Waals surface area contributed by atoms with E-state index in [1.807, 2.05) is 36.4 Å². The molecule has 6 rings (SSSR count). The maximum atomic E-state index is 14.3. The molecule has 0 fully saturated rings. The SMILES string of the molecule is CCOC(=O)c1c(NC(=O)C(Sc2cccc(NC(=O)/C(=C\c3cc(OC)c(OC)c(OC)c3)NC(=O)c3ccccc3)c2)c2ccccc2)sc2c1CCCCC2. The lowest BCUT2D eigenvalue weighted by Crippen LogP contribution is -2.30. The summed E-state index contributed by atoms with van der Waals surface area (Å²) in [5.41, 5.74) is 3.43. The summed E-state index contributed by atoms with van der Waals surface area (Å²) < 4.78 is 21.9. The minimum atomic E-state index is -0.718. The van der Waals surface area contributed by atoms with Crippen LogP contribution in [0.4, 0.5) is 10.7 Å². The number of benzene rings is 4. The summed E-state index contributed by atoms with van der Waals surface area (Å²) in [6.07, 6.45) is 6.22. The smallest absolute Gasteiger partial charge is 0.341 e. The zero-order chi connectivity index (χ0) is 41.0. The predicted octanol–water partition coefficient (Wildman–Crippen LogP) is 9.10. The maximum absolute atomic E-state index is 14.3. The van der Waals surface area contributed by atoms with Crippen molar-refractivity contribution in [3.8, 4) is 17.2 Å². The van der Waals surface area contributed by atoms with Gasteiger partial charge in [-0.2, -0.15) is 0 Å². The first kappa shape index (κ1) is 41.6. The van der Waals surface area contributed by atoms with Gasteiger partial charge in [0.05, 0.1) is 33.5 Å². The first-order chi connectivity index (χ1) is 28.2. The van der Waals surface area contributed by atoms with Gasteiger partial charge in [-0.05, 0) is 97.8 Å². The number of hydrogen-bond donors (Lipinski definition) is 3. The average molecular weight is 820 g/mol. The summed E-state index contributed by atoms with van der Waals surface area (Å²) in [5.74, 6) is -0.687. The van der Waals surface area contributed by atoms with Crippen molar-refractivity contribution in [2.45, 2.75) is 49.2 Å². The van der Waals surface area contributed by atoms with Crippen LogP contribution >= 0.6 is 23.1 Å². The number of anilines is 2. The Hall–Kier alpha value is -6.05. The van der Waals surface area contributed by atoms with Crippen LogP contribution in [0.15, 0.2) is 108 Å². The number of rotatable bonds is 15. The molecule has 3 N–H and O–H groups in total. The van der Waals surface area contributed by atoms with Gasteiger partial charge in [-0.1, -0.05) is 61.0 Å². The summed E-state index contributed by atoms with van der Waals surface area (Å²) >= 11 is 2.76. The van der Waals surface area contributed by atoms with Crippen LogP contribution in [0.25, 0.3) is 6.08 Å². The van der Waals surface area contributed by atoms with E-state index < -0.39 is 23.0 Å². The number of methoxy groups -OCH3 is 3. The van der Waals surface area contributed by atoms with Gasteiger partial charge in [-0.25, -0.2) is 4.79 Å². The molecule has 1 aliphatic carbocycles. The van der Waals surface area contributed by atoms with E-state index >= 15 is 0 Å². The van der Waals surface area contributed by atoms with Gasteiger partial charge in [0.2, 0.25) is 11.7 Å². The van der Waals surface area contributed by atoms with Gasteiger partial charge in [0.1, 0.15) is 15.9 Å². The summed E-state index contributed by atoms with van der Waals surface area (Å²) in [5, 5.41) is 8.56.